The van der Waals surface area contributed by atoms with E-state index in [1.807, 2.05) is 0 Å². The molecule has 2 rings (SSSR count). The summed E-state index contributed by atoms with van der Waals surface area (Å²) in [6.07, 6.45) is 3.41. The maximum absolute atomic E-state index is 13.7. The second kappa shape index (κ2) is 4.62. The van der Waals surface area contributed by atoms with Crippen molar-refractivity contribution in [2.24, 2.45) is 5.92 Å². The largest absolute Gasteiger partial charge is 0.294 e. The van der Waals surface area contributed by atoms with Crippen LogP contribution in [0.4, 0.5) is 8.78 Å². The van der Waals surface area contributed by atoms with Gasteiger partial charge in [0.25, 0.3) is 0 Å². The molecule has 0 radical (unpaired) electrons. The van der Waals surface area contributed by atoms with Gasteiger partial charge in [0, 0.05) is 5.92 Å². The molecule has 0 amide bonds. The van der Waals surface area contributed by atoms with Crippen LogP contribution in [0.2, 0.25) is 0 Å². The molecule has 0 saturated heterocycles. The molecule has 1 aliphatic rings. The topological polar surface area (TPSA) is 17.1 Å². The van der Waals surface area contributed by atoms with Gasteiger partial charge in [-0.05, 0) is 40.9 Å². The Balaban J connectivity index is 2.39. The number of carbonyl (C=O) groups is 1. The smallest absolute Gasteiger partial charge is 0.171 e. The molecule has 0 bridgehead atoms. The summed E-state index contributed by atoms with van der Waals surface area (Å²) >= 11 is 2.96. The summed E-state index contributed by atoms with van der Waals surface area (Å²) in [7, 11) is 0. The summed E-state index contributed by atoms with van der Waals surface area (Å²) in [4.78, 5) is 11.9. The Morgan fingerprint density at radius 3 is 2.50 bits per heavy atom. The summed E-state index contributed by atoms with van der Waals surface area (Å²) in [5, 5.41) is 0. The summed E-state index contributed by atoms with van der Waals surface area (Å²) in [5.41, 5.74) is -0.388. The van der Waals surface area contributed by atoms with Gasteiger partial charge in [-0.1, -0.05) is 12.8 Å². The van der Waals surface area contributed by atoms with Gasteiger partial charge in [-0.3, -0.25) is 4.79 Å². The molecule has 0 heterocycles. The van der Waals surface area contributed by atoms with Crippen LogP contribution in [-0.4, -0.2) is 5.78 Å². The highest BCUT2D eigenvalue weighted by Gasteiger charge is 2.28. The third kappa shape index (κ3) is 2.03. The quantitative estimate of drug-likeness (QED) is 0.591. The normalized spacial score (nSPS) is 16.7. The van der Waals surface area contributed by atoms with Crippen molar-refractivity contribution in [1.29, 1.82) is 0 Å². The molecule has 4 heteroatoms. The number of Topliss-reactive ketones (excluding diaryl/α,β-unsaturated/α-hetero) is 1. The highest BCUT2D eigenvalue weighted by Crippen LogP contribution is 2.31. The predicted molar refractivity (Wildman–Crippen MR) is 60.3 cm³/mol. The van der Waals surface area contributed by atoms with Crippen molar-refractivity contribution < 1.29 is 13.6 Å². The Kier molecular flexibility index (Phi) is 3.38. The molecular weight excluding hydrogens is 278 g/mol. The van der Waals surface area contributed by atoms with Crippen LogP contribution in [0.5, 0.6) is 0 Å². The molecule has 1 fully saturated rings. The van der Waals surface area contributed by atoms with E-state index in [1.165, 1.54) is 6.07 Å². The number of carbonyl (C=O) groups excluding carboxylic acids is 1. The average molecular weight is 289 g/mol. The molecule has 1 aliphatic carbocycles. The van der Waals surface area contributed by atoms with Crippen molar-refractivity contribution in [3.63, 3.8) is 0 Å². The highest BCUT2D eigenvalue weighted by atomic mass is 79.9. The van der Waals surface area contributed by atoms with E-state index in [0.717, 1.165) is 31.7 Å². The Morgan fingerprint density at radius 1 is 1.25 bits per heavy atom. The fourth-order valence-corrected chi connectivity index (χ4v) is 2.48. The van der Waals surface area contributed by atoms with Crippen LogP contribution in [0.25, 0.3) is 0 Å². The lowest BCUT2D eigenvalue weighted by Gasteiger charge is -2.10. The van der Waals surface area contributed by atoms with Crippen molar-refractivity contribution in [3.05, 3.63) is 33.8 Å². The van der Waals surface area contributed by atoms with Gasteiger partial charge < -0.3 is 0 Å². The number of hydrogen-bond acceptors (Lipinski definition) is 1. The molecule has 0 spiro atoms. The first-order chi connectivity index (χ1) is 7.61. The number of rotatable bonds is 2. The van der Waals surface area contributed by atoms with E-state index < -0.39 is 17.4 Å². The fraction of sp³-hybridized carbons (Fsp3) is 0.417. The first kappa shape index (κ1) is 11.7. The average Bonchev–Trinajstić information content (AvgIpc) is 2.77. The van der Waals surface area contributed by atoms with Crippen LogP contribution in [0.15, 0.2) is 16.6 Å². The zero-order valence-corrected chi connectivity index (χ0v) is 10.2. The standard InChI is InChI=1S/C12H11BrF2O/c13-8-5-6-9(14)10(11(8)15)12(16)7-3-1-2-4-7/h5-7H,1-4H2. The minimum Gasteiger partial charge on any atom is -0.294 e. The zero-order valence-electron chi connectivity index (χ0n) is 8.60. The molecule has 1 saturated carbocycles. The zero-order chi connectivity index (χ0) is 11.7. The minimum absolute atomic E-state index is 0.134. The summed E-state index contributed by atoms with van der Waals surface area (Å²) < 4.78 is 27.2. The minimum atomic E-state index is -0.781. The lowest BCUT2D eigenvalue weighted by molar-refractivity contribution is 0.0914. The van der Waals surface area contributed by atoms with E-state index in [4.69, 9.17) is 0 Å². The summed E-state index contributed by atoms with van der Waals surface area (Å²) in [5.74, 6) is -2.15. The van der Waals surface area contributed by atoms with E-state index in [0.29, 0.717) is 0 Å². The molecular formula is C12H11BrF2O. The van der Waals surface area contributed by atoms with Crippen molar-refractivity contribution in [2.45, 2.75) is 25.7 Å². The number of ketones is 1. The molecule has 16 heavy (non-hydrogen) atoms. The van der Waals surface area contributed by atoms with Gasteiger partial charge in [-0.25, -0.2) is 8.78 Å². The Hall–Kier alpha value is -0.770. The fourth-order valence-electron chi connectivity index (χ4n) is 2.15. The summed E-state index contributed by atoms with van der Waals surface area (Å²) in [6, 6.07) is 2.39. The third-order valence-electron chi connectivity index (χ3n) is 3.02. The molecule has 0 unspecified atom stereocenters. The molecule has 0 atom stereocenters. The first-order valence-corrected chi connectivity index (χ1v) is 6.08. The van der Waals surface area contributed by atoms with Crippen LogP contribution in [0.3, 0.4) is 0 Å². The van der Waals surface area contributed by atoms with E-state index >= 15 is 0 Å². The highest BCUT2D eigenvalue weighted by molar-refractivity contribution is 9.10. The van der Waals surface area contributed by atoms with E-state index in [1.54, 1.807) is 0 Å². The van der Waals surface area contributed by atoms with Crippen LogP contribution >= 0.6 is 15.9 Å². The van der Waals surface area contributed by atoms with Gasteiger partial charge >= 0.3 is 0 Å². The third-order valence-corrected chi connectivity index (χ3v) is 3.63. The molecule has 1 aromatic rings. The van der Waals surface area contributed by atoms with Gasteiger partial charge in [0.15, 0.2) is 11.6 Å². The second-order valence-corrected chi connectivity index (χ2v) is 4.92. The number of hydrogen-bond donors (Lipinski definition) is 0. The molecule has 1 aromatic carbocycles. The molecule has 86 valence electrons. The van der Waals surface area contributed by atoms with Crippen LogP contribution in [0.1, 0.15) is 36.0 Å². The maximum atomic E-state index is 13.7. The second-order valence-electron chi connectivity index (χ2n) is 4.06. The van der Waals surface area contributed by atoms with E-state index in [2.05, 4.69) is 15.9 Å². The van der Waals surface area contributed by atoms with Gasteiger partial charge in [-0.15, -0.1) is 0 Å². The lowest BCUT2D eigenvalue weighted by Crippen LogP contribution is -2.15. The SMILES string of the molecule is O=C(c1c(F)ccc(Br)c1F)C1CCCC1. The van der Waals surface area contributed by atoms with Gasteiger partial charge in [0.05, 0.1) is 10.0 Å². The van der Waals surface area contributed by atoms with Gasteiger partial charge in [0.2, 0.25) is 0 Å². The number of benzene rings is 1. The van der Waals surface area contributed by atoms with Crippen LogP contribution in [0, 0.1) is 17.6 Å². The Bertz CT molecular complexity index is 425. The van der Waals surface area contributed by atoms with E-state index in [9.17, 15) is 13.6 Å². The van der Waals surface area contributed by atoms with Crippen LogP contribution < -0.4 is 0 Å². The van der Waals surface area contributed by atoms with Crippen molar-refractivity contribution in [1.82, 2.24) is 0 Å². The van der Waals surface area contributed by atoms with Crippen molar-refractivity contribution in [2.75, 3.05) is 0 Å². The molecule has 1 nitrogen and oxygen atoms in total. The molecule has 0 aliphatic heterocycles. The molecule has 0 aromatic heterocycles. The Morgan fingerprint density at radius 2 is 1.88 bits per heavy atom. The monoisotopic (exact) mass is 288 g/mol. The first-order valence-electron chi connectivity index (χ1n) is 5.29. The lowest BCUT2D eigenvalue weighted by atomic mass is 9.95. The van der Waals surface area contributed by atoms with Crippen LogP contribution in [-0.2, 0) is 0 Å². The maximum Gasteiger partial charge on any atom is 0.171 e. The van der Waals surface area contributed by atoms with E-state index in [-0.39, 0.29) is 16.0 Å². The molecule has 0 N–H and O–H groups in total. The van der Waals surface area contributed by atoms with Gasteiger partial charge in [0.1, 0.15) is 5.82 Å². The summed E-state index contributed by atoms with van der Waals surface area (Å²) in [6.45, 7) is 0. The Labute approximate surface area is 101 Å². The van der Waals surface area contributed by atoms with Crippen molar-refractivity contribution in [3.8, 4) is 0 Å². The predicted octanol–water partition coefficient (Wildman–Crippen LogP) is 4.10. The van der Waals surface area contributed by atoms with Crippen molar-refractivity contribution >= 4 is 21.7 Å². The number of halogens is 3. The van der Waals surface area contributed by atoms with Gasteiger partial charge in [-0.2, -0.15) is 0 Å².